The van der Waals surface area contributed by atoms with Crippen molar-refractivity contribution in [1.29, 1.82) is 0 Å². The van der Waals surface area contributed by atoms with E-state index in [1.165, 1.54) is 482 Å². The van der Waals surface area contributed by atoms with Gasteiger partial charge in [0.2, 0.25) is 0 Å². The summed E-state index contributed by atoms with van der Waals surface area (Å²) in [5.41, 5.74) is -0.973. The van der Waals surface area contributed by atoms with Gasteiger partial charge in [-0.05, 0) is 64.2 Å². The van der Waals surface area contributed by atoms with Crippen LogP contribution in [0.1, 0.15) is 549 Å². The molecule has 0 saturated carbocycles. The molecule has 0 saturated heterocycles. The van der Waals surface area contributed by atoms with Crippen LogP contribution in [0.4, 0.5) is 0 Å². The lowest BCUT2D eigenvalue weighted by molar-refractivity contribution is 0.385. The summed E-state index contributed by atoms with van der Waals surface area (Å²) in [6.07, 6.45) is 127. The molecule has 0 aliphatic carbocycles. The van der Waals surface area contributed by atoms with Crippen LogP contribution in [0.15, 0.2) is 36.5 Å². The molecule has 0 aromatic carbocycles. The van der Waals surface area contributed by atoms with Crippen molar-refractivity contribution in [3.63, 3.8) is 0 Å². The molecule has 0 fully saturated rings. The van der Waals surface area contributed by atoms with E-state index in [2.05, 4.69) is 107 Å². The van der Waals surface area contributed by atoms with Crippen LogP contribution in [0.3, 0.4) is 0 Å². The van der Waals surface area contributed by atoms with Crippen LogP contribution in [0.2, 0.25) is 0 Å². The smallest absolute Gasteiger partial charge is 0.105 e. The van der Waals surface area contributed by atoms with Gasteiger partial charge in [-0.15, -0.1) is 5.92 Å². The maximum atomic E-state index is 3.74. The second-order valence-electron chi connectivity index (χ2n) is 32.4. The summed E-state index contributed by atoms with van der Waals surface area (Å²) in [7, 11) is 0. The largest absolute Gasteiger partial charge is 0.123 e. The van der Waals surface area contributed by atoms with Crippen LogP contribution in [0, 0.1) is 46.4 Å². The molecule has 0 nitrogen and oxygen atoms in total. The molecule has 0 rings (SSSR count). The molecular weight excluding hydrogens is 1190 g/mol. The molecule has 0 N–H and O–H groups in total. The van der Waals surface area contributed by atoms with Gasteiger partial charge in [-0.2, -0.15) is 0 Å². The maximum absolute atomic E-state index is 3.74. The van der Waals surface area contributed by atoms with Crippen LogP contribution in [-0.4, -0.2) is 0 Å². The molecule has 2 atom stereocenters. The first-order chi connectivity index (χ1) is 49.1. The topological polar surface area (TPSA) is 0 Å². The van der Waals surface area contributed by atoms with Gasteiger partial charge in [-0.1, -0.05) is 544 Å². The van der Waals surface area contributed by atoms with E-state index in [4.69, 9.17) is 0 Å². The summed E-state index contributed by atoms with van der Waals surface area (Å²) in [5.74, 6) is 20.7. The van der Waals surface area contributed by atoms with Crippen molar-refractivity contribution in [3.8, 4) is 35.5 Å². The molecule has 0 aromatic heterocycles. The fourth-order valence-corrected chi connectivity index (χ4v) is 15.5. The molecule has 0 aromatic rings. The van der Waals surface area contributed by atoms with Crippen molar-refractivity contribution in [1.82, 2.24) is 0 Å². The molecule has 0 heteroatoms. The van der Waals surface area contributed by atoms with Crippen LogP contribution < -0.4 is 0 Å². The van der Waals surface area contributed by atoms with Crippen molar-refractivity contribution in [3.05, 3.63) is 36.5 Å². The normalized spacial score (nSPS) is 12.9. The lowest BCUT2D eigenvalue weighted by Crippen LogP contribution is -2.33. The zero-order valence-electron chi connectivity index (χ0n) is 69.3. The molecular formula is C99H182. The van der Waals surface area contributed by atoms with Gasteiger partial charge in [0.1, 0.15) is 5.41 Å². The Morgan fingerprint density at radius 3 is 0.545 bits per heavy atom. The molecule has 0 spiro atoms. The van der Waals surface area contributed by atoms with E-state index >= 15 is 0 Å². The first kappa shape index (κ1) is 96.9. The lowest BCUT2D eigenvalue weighted by Gasteiger charge is -2.36. The Kier molecular flexibility index (Phi) is 83.0. The van der Waals surface area contributed by atoms with Crippen LogP contribution in [0.5, 0.6) is 0 Å². The van der Waals surface area contributed by atoms with Gasteiger partial charge >= 0.3 is 0 Å². The summed E-state index contributed by atoms with van der Waals surface area (Å²) < 4.78 is 0. The van der Waals surface area contributed by atoms with Crippen molar-refractivity contribution in [2.75, 3.05) is 0 Å². The molecule has 0 aliphatic heterocycles. The van der Waals surface area contributed by atoms with E-state index in [1.807, 2.05) is 6.92 Å². The lowest BCUT2D eigenvalue weighted by atomic mass is 9.64. The highest BCUT2D eigenvalue weighted by atomic mass is 14.4. The molecule has 0 aliphatic rings. The summed E-state index contributed by atoms with van der Waals surface area (Å²) in [6.45, 7) is 13.5. The summed E-state index contributed by atoms with van der Waals surface area (Å²) in [6, 6.07) is 0. The third-order valence-electron chi connectivity index (χ3n) is 22.5. The first-order valence-electron chi connectivity index (χ1n) is 46.5. The van der Waals surface area contributed by atoms with E-state index < -0.39 is 5.41 Å². The van der Waals surface area contributed by atoms with Gasteiger partial charge in [-0.25, -0.2) is 0 Å². The predicted octanol–water partition coefficient (Wildman–Crippen LogP) is 35.6. The van der Waals surface area contributed by atoms with Crippen LogP contribution >= 0.6 is 0 Å². The summed E-state index contributed by atoms with van der Waals surface area (Å²) in [5, 5.41) is 0. The van der Waals surface area contributed by atoms with Crippen molar-refractivity contribution < 1.29 is 0 Å². The fourth-order valence-electron chi connectivity index (χ4n) is 15.5. The predicted molar refractivity (Wildman–Crippen MR) is 454 cm³/mol. The SMILES string of the molecule is CC#CC(C#CC#CCC)(C=CCCCCCCCCCCCCCCCCCCCCCCCCCCCC)C(C)(C=CCCCCCCCCCCCCCCCCCCCCCCCCCC)C=CCCCCCCCCCCCCCCCCCCCCCCCCCCC. The molecule has 2 unspecified atom stereocenters. The Bertz CT molecular complexity index is 1820. The number of hydrogen-bond donors (Lipinski definition) is 0. The Morgan fingerprint density at radius 1 is 0.202 bits per heavy atom. The highest BCUT2D eigenvalue weighted by Gasteiger charge is 2.41. The monoisotopic (exact) mass is 1370 g/mol. The highest BCUT2D eigenvalue weighted by Crippen LogP contribution is 2.44. The standard InChI is InChI=1S/C99H182/c1-7-12-16-20-23-26-29-32-35-38-41-44-47-50-53-55-58-61-64-67-70-73-76-79-82-85-88-92-97-99(93-11-5,96-91-19-15-10-4)98(6,94-89-86-83-80-77-74-71-68-65-62-59-56-52-49-46-43-40-37-34-31-28-25-22-18-14-9-3)95-90-87-84-81-78-75-72-69-66-63-60-57-54-51-48-45-42-39-36-33-30-27-24-21-17-13-8-2/h89-90,92,94-95,97H,7-10,12-14,16-18,20-88H2,1-6H3. The average Bonchev–Trinajstić information content (AvgIpc) is 0.784. The highest BCUT2D eigenvalue weighted by molar-refractivity contribution is 5.45. The first-order valence-corrected chi connectivity index (χ1v) is 46.5. The minimum atomic E-state index is -0.624. The minimum Gasteiger partial charge on any atom is -0.105 e. The van der Waals surface area contributed by atoms with Crippen LogP contribution in [-0.2, 0) is 0 Å². The fraction of sp³-hybridized carbons (Fsp3) is 0.879. The van der Waals surface area contributed by atoms with Gasteiger partial charge in [0.15, 0.2) is 0 Å². The summed E-state index contributed by atoms with van der Waals surface area (Å²) in [4.78, 5) is 0. The van der Waals surface area contributed by atoms with E-state index in [1.54, 1.807) is 0 Å². The van der Waals surface area contributed by atoms with Gasteiger partial charge < -0.3 is 0 Å². The number of hydrogen-bond acceptors (Lipinski definition) is 0. The van der Waals surface area contributed by atoms with Crippen molar-refractivity contribution in [2.24, 2.45) is 10.8 Å². The number of unbranched alkanes of at least 4 members (excludes halogenated alkanes) is 75. The molecule has 0 radical (unpaired) electrons. The van der Waals surface area contributed by atoms with Gasteiger partial charge in [0, 0.05) is 11.8 Å². The van der Waals surface area contributed by atoms with Crippen molar-refractivity contribution in [2.45, 2.75) is 549 Å². The average molecular weight is 1370 g/mol. The zero-order chi connectivity index (χ0) is 71.3. The van der Waals surface area contributed by atoms with E-state index in [0.717, 1.165) is 25.7 Å². The molecule has 0 heterocycles. The maximum Gasteiger partial charge on any atom is 0.123 e. The third kappa shape index (κ3) is 72.6. The van der Waals surface area contributed by atoms with Crippen LogP contribution in [0.25, 0.3) is 0 Å². The summed E-state index contributed by atoms with van der Waals surface area (Å²) >= 11 is 0. The molecule has 0 bridgehead atoms. The Morgan fingerprint density at radius 2 is 0.374 bits per heavy atom. The van der Waals surface area contributed by atoms with Gasteiger partial charge in [-0.3, -0.25) is 0 Å². The molecule has 0 amide bonds. The Labute approximate surface area is 627 Å². The third-order valence-corrected chi connectivity index (χ3v) is 22.5. The van der Waals surface area contributed by atoms with Crippen molar-refractivity contribution >= 4 is 0 Å². The Balaban J connectivity index is 4.95. The second kappa shape index (κ2) is 84.8. The number of allylic oxidation sites excluding steroid dienone is 6. The van der Waals surface area contributed by atoms with Gasteiger partial charge in [0.25, 0.3) is 0 Å². The molecule has 578 valence electrons. The van der Waals surface area contributed by atoms with E-state index in [-0.39, 0.29) is 5.41 Å². The quantitative estimate of drug-likeness (QED) is 0.0323. The van der Waals surface area contributed by atoms with Gasteiger partial charge in [0.05, 0.1) is 0 Å². The van der Waals surface area contributed by atoms with E-state index in [9.17, 15) is 0 Å². The zero-order valence-corrected chi connectivity index (χ0v) is 69.3. The molecule has 99 heavy (non-hydrogen) atoms. The number of rotatable bonds is 82. The minimum absolute atomic E-state index is 0.349. The second-order valence-corrected chi connectivity index (χ2v) is 32.4. The van der Waals surface area contributed by atoms with E-state index in [0.29, 0.717) is 0 Å². The Hall–Kier alpha value is -2.10.